The molecule has 0 atom stereocenters. The second kappa shape index (κ2) is 5.93. The number of hydrogen-bond donors (Lipinski definition) is 1. The topological polar surface area (TPSA) is 78.8 Å². The maximum Gasteiger partial charge on any atom is 0.257 e. The highest BCUT2D eigenvalue weighted by molar-refractivity contribution is 9.10. The normalized spacial score (nSPS) is 18.8. The van der Waals surface area contributed by atoms with Gasteiger partial charge in [0, 0.05) is 22.9 Å². The average Bonchev–Trinajstić information content (AvgIpc) is 2.48. The Labute approximate surface area is 142 Å². The Hall–Kier alpha value is -1.93. The first kappa shape index (κ1) is 15.9. The van der Waals surface area contributed by atoms with E-state index in [9.17, 15) is 13.2 Å². The first-order chi connectivity index (χ1) is 10.8. The van der Waals surface area contributed by atoms with Crippen LogP contribution in [0.25, 0.3) is 0 Å². The van der Waals surface area contributed by atoms with Gasteiger partial charge in [-0.05, 0) is 42.8 Å². The van der Waals surface area contributed by atoms with Crippen LogP contribution in [0.3, 0.4) is 0 Å². The highest BCUT2D eigenvalue weighted by Crippen LogP contribution is 2.22. The molecule has 0 unspecified atom stereocenters. The summed E-state index contributed by atoms with van der Waals surface area (Å²) in [6.07, 6.45) is 4.73. The Morgan fingerprint density at radius 3 is 2.87 bits per heavy atom. The van der Waals surface area contributed by atoms with Crippen molar-refractivity contribution in [2.24, 2.45) is 4.40 Å². The van der Waals surface area contributed by atoms with Crippen molar-refractivity contribution in [2.45, 2.75) is 6.92 Å². The molecular weight excluding hydrogens is 382 g/mol. The summed E-state index contributed by atoms with van der Waals surface area (Å²) >= 11 is 3.38. The fourth-order valence-corrected chi connectivity index (χ4v) is 3.74. The summed E-state index contributed by atoms with van der Waals surface area (Å²) in [6.45, 7) is 2.20. The van der Waals surface area contributed by atoms with Crippen LogP contribution < -0.4 is 5.32 Å². The van der Waals surface area contributed by atoms with E-state index in [-0.39, 0.29) is 11.7 Å². The second-order valence-electron chi connectivity index (χ2n) is 5.26. The summed E-state index contributed by atoms with van der Waals surface area (Å²) in [6, 6.07) is 5.60. The van der Waals surface area contributed by atoms with Crippen LogP contribution in [0.15, 0.2) is 51.0 Å². The van der Waals surface area contributed by atoms with E-state index in [1.807, 2.05) is 25.1 Å². The van der Waals surface area contributed by atoms with Gasteiger partial charge in [-0.3, -0.25) is 4.79 Å². The fraction of sp³-hybridized carbons (Fsp3) is 0.200. The highest BCUT2D eigenvalue weighted by Gasteiger charge is 2.25. The molecule has 0 spiro atoms. The van der Waals surface area contributed by atoms with Crippen molar-refractivity contribution in [3.05, 3.63) is 52.2 Å². The molecule has 2 heterocycles. The van der Waals surface area contributed by atoms with E-state index in [4.69, 9.17) is 0 Å². The molecule has 120 valence electrons. The molecule has 1 aromatic carbocycles. The van der Waals surface area contributed by atoms with E-state index in [1.165, 1.54) is 0 Å². The lowest BCUT2D eigenvalue weighted by atomic mass is 10.1. The summed E-state index contributed by atoms with van der Waals surface area (Å²) in [5, 5.41) is 2.85. The van der Waals surface area contributed by atoms with Gasteiger partial charge in [0.05, 0.1) is 11.3 Å². The molecule has 8 heteroatoms. The number of aryl methyl sites for hydroxylation is 1. The zero-order valence-electron chi connectivity index (χ0n) is 12.3. The number of halogens is 1. The van der Waals surface area contributed by atoms with Gasteiger partial charge in [0.25, 0.3) is 15.9 Å². The summed E-state index contributed by atoms with van der Waals surface area (Å²) in [5.74, 6) is 0.0356. The van der Waals surface area contributed by atoms with Crippen molar-refractivity contribution < 1.29 is 13.2 Å². The molecule has 0 bridgehead atoms. The minimum Gasteiger partial charge on any atom is -0.330 e. The standard InChI is InChI=1S/C15H14BrN3O3S/c1-10-8-12(16)3-4-13(10)17-15(20)11-2-5-14-18-23(21,22)7-6-19(14)9-11/h2-5,8-9H,6-7H2,1H3,(H,17,20). The van der Waals surface area contributed by atoms with Crippen molar-refractivity contribution in [1.82, 2.24) is 4.90 Å². The van der Waals surface area contributed by atoms with E-state index < -0.39 is 10.0 Å². The van der Waals surface area contributed by atoms with Gasteiger partial charge in [0.2, 0.25) is 0 Å². The van der Waals surface area contributed by atoms with Gasteiger partial charge in [-0.15, -0.1) is 4.40 Å². The van der Waals surface area contributed by atoms with Gasteiger partial charge in [-0.25, -0.2) is 8.42 Å². The minimum absolute atomic E-state index is 0.0540. The van der Waals surface area contributed by atoms with Crippen molar-refractivity contribution in [1.29, 1.82) is 0 Å². The highest BCUT2D eigenvalue weighted by atomic mass is 79.9. The fourth-order valence-electron chi connectivity index (χ4n) is 2.30. The number of carbonyl (C=O) groups excluding carboxylic acids is 1. The van der Waals surface area contributed by atoms with Crippen LogP contribution in [0.2, 0.25) is 0 Å². The van der Waals surface area contributed by atoms with Gasteiger partial charge in [0.1, 0.15) is 5.84 Å². The van der Waals surface area contributed by atoms with Crippen LogP contribution in [-0.2, 0) is 14.8 Å². The van der Waals surface area contributed by atoms with Crippen LogP contribution >= 0.6 is 15.9 Å². The minimum atomic E-state index is -3.39. The van der Waals surface area contributed by atoms with Gasteiger partial charge in [0.15, 0.2) is 0 Å². The predicted molar refractivity (Wildman–Crippen MR) is 92.7 cm³/mol. The number of hydrogen-bond acceptors (Lipinski definition) is 4. The molecule has 1 N–H and O–H groups in total. The van der Waals surface area contributed by atoms with Crippen LogP contribution in [0.5, 0.6) is 0 Å². The zero-order valence-corrected chi connectivity index (χ0v) is 14.7. The number of nitrogens with zero attached hydrogens (tertiary/aromatic N) is 2. The van der Waals surface area contributed by atoms with E-state index in [2.05, 4.69) is 25.6 Å². The molecule has 0 aromatic heterocycles. The largest absolute Gasteiger partial charge is 0.330 e. The van der Waals surface area contributed by atoms with Crippen molar-refractivity contribution in [3.63, 3.8) is 0 Å². The Morgan fingerprint density at radius 1 is 1.35 bits per heavy atom. The number of carbonyl (C=O) groups is 1. The smallest absolute Gasteiger partial charge is 0.257 e. The summed E-state index contributed by atoms with van der Waals surface area (Å²) in [4.78, 5) is 14.1. The maximum absolute atomic E-state index is 12.4. The Bertz CT molecular complexity index is 872. The summed E-state index contributed by atoms with van der Waals surface area (Å²) < 4.78 is 27.6. The van der Waals surface area contributed by atoms with Crippen molar-refractivity contribution in [3.8, 4) is 0 Å². The molecule has 0 aliphatic carbocycles. The molecule has 2 aliphatic heterocycles. The number of benzene rings is 1. The number of amides is 1. The predicted octanol–water partition coefficient (Wildman–Crippen LogP) is 2.19. The Balaban J connectivity index is 1.80. The molecule has 2 aliphatic rings. The van der Waals surface area contributed by atoms with Crippen LogP contribution in [0.1, 0.15) is 5.56 Å². The number of rotatable bonds is 2. The second-order valence-corrected chi connectivity index (χ2v) is 7.93. The van der Waals surface area contributed by atoms with E-state index in [0.29, 0.717) is 18.0 Å². The van der Waals surface area contributed by atoms with Crippen LogP contribution in [0, 0.1) is 6.92 Å². The number of anilines is 1. The van der Waals surface area contributed by atoms with Crippen molar-refractivity contribution >= 4 is 43.4 Å². The third-order valence-electron chi connectivity index (χ3n) is 3.52. The monoisotopic (exact) mass is 395 g/mol. The third kappa shape index (κ3) is 3.53. The lowest BCUT2D eigenvalue weighted by molar-refractivity contribution is -0.112. The van der Waals surface area contributed by atoms with Gasteiger partial charge < -0.3 is 10.2 Å². The Kier molecular flexibility index (Phi) is 4.11. The molecule has 6 nitrogen and oxygen atoms in total. The first-order valence-electron chi connectivity index (χ1n) is 6.91. The first-order valence-corrected chi connectivity index (χ1v) is 9.31. The number of amidine groups is 1. The molecule has 0 fully saturated rings. The van der Waals surface area contributed by atoms with E-state index >= 15 is 0 Å². The molecule has 0 radical (unpaired) electrons. The third-order valence-corrected chi connectivity index (χ3v) is 5.18. The lowest BCUT2D eigenvalue weighted by Gasteiger charge is -2.27. The van der Waals surface area contributed by atoms with E-state index in [1.54, 1.807) is 23.3 Å². The van der Waals surface area contributed by atoms with Gasteiger partial charge >= 0.3 is 0 Å². The van der Waals surface area contributed by atoms with Gasteiger partial charge in [-0.1, -0.05) is 15.9 Å². The molecule has 0 saturated heterocycles. The van der Waals surface area contributed by atoms with Crippen LogP contribution in [0.4, 0.5) is 5.69 Å². The Morgan fingerprint density at radius 2 is 2.13 bits per heavy atom. The van der Waals surface area contributed by atoms with Crippen LogP contribution in [-0.4, -0.2) is 37.4 Å². The molecular formula is C15H14BrN3O3S. The molecule has 3 rings (SSSR count). The average molecular weight is 396 g/mol. The van der Waals surface area contributed by atoms with Gasteiger partial charge in [-0.2, -0.15) is 0 Å². The maximum atomic E-state index is 12.4. The number of nitrogens with one attached hydrogen (secondary N) is 1. The number of sulfonamides is 1. The quantitative estimate of drug-likeness (QED) is 0.832. The lowest BCUT2D eigenvalue weighted by Crippen LogP contribution is -2.37. The van der Waals surface area contributed by atoms with E-state index in [0.717, 1.165) is 15.7 Å². The molecule has 1 aromatic rings. The summed E-state index contributed by atoms with van der Waals surface area (Å²) in [5.41, 5.74) is 2.12. The molecule has 0 saturated carbocycles. The van der Waals surface area contributed by atoms with Crippen molar-refractivity contribution in [2.75, 3.05) is 17.6 Å². The SMILES string of the molecule is Cc1cc(Br)ccc1NC(=O)C1=CN2CCS(=O)(=O)N=C2C=C1. The zero-order chi connectivity index (χ0) is 16.6. The number of fused-ring (bicyclic) bond motifs is 1. The molecule has 23 heavy (non-hydrogen) atoms. The summed E-state index contributed by atoms with van der Waals surface area (Å²) in [7, 11) is -3.39. The molecule has 1 amide bonds.